The van der Waals surface area contributed by atoms with Crippen LogP contribution in [0.4, 0.5) is 11.4 Å². The van der Waals surface area contributed by atoms with Crippen molar-refractivity contribution >= 4 is 43.2 Å². The van der Waals surface area contributed by atoms with E-state index in [0.29, 0.717) is 17.9 Å². The number of carbonyl (C=O) groups is 1. The lowest BCUT2D eigenvalue weighted by Gasteiger charge is -2.14. The Morgan fingerprint density at radius 1 is 0.935 bits per heavy atom. The Morgan fingerprint density at radius 3 is 2.42 bits per heavy atom. The summed E-state index contributed by atoms with van der Waals surface area (Å²) in [6, 6.07) is 22.4. The minimum Gasteiger partial charge on any atom is -0.325 e. The van der Waals surface area contributed by atoms with Gasteiger partial charge in [0.2, 0.25) is 5.91 Å². The zero-order valence-corrected chi connectivity index (χ0v) is 18.8. The zero-order chi connectivity index (χ0) is 21.8. The second-order valence-corrected chi connectivity index (χ2v) is 9.70. The molecule has 9 heteroatoms. The van der Waals surface area contributed by atoms with Gasteiger partial charge in [-0.15, -0.1) is 0 Å². The van der Waals surface area contributed by atoms with Crippen molar-refractivity contribution in [2.45, 2.75) is 17.1 Å². The van der Waals surface area contributed by atoms with Gasteiger partial charge in [-0.25, -0.2) is 8.42 Å². The van der Waals surface area contributed by atoms with Crippen molar-refractivity contribution in [1.82, 2.24) is 10.6 Å². The maximum atomic E-state index is 12.7. The first-order valence-electron chi connectivity index (χ1n) is 9.64. The Bertz CT molecular complexity index is 1170. The molecule has 2 atom stereocenters. The molecular formula is C22H21BrN4O3S. The SMILES string of the molecule is O=C(Nc1cccc(S(=O)(=O)Nc2ccc(Br)cc2)c1)C1CNC(c2ccccc2)N1. The average Bonchev–Trinajstić information content (AvgIpc) is 3.27. The third-order valence-corrected chi connectivity index (χ3v) is 6.76. The zero-order valence-electron chi connectivity index (χ0n) is 16.4. The van der Waals surface area contributed by atoms with E-state index in [1.165, 1.54) is 12.1 Å². The molecule has 3 aromatic carbocycles. The maximum absolute atomic E-state index is 12.7. The minimum absolute atomic E-state index is 0.0629. The van der Waals surface area contributed by atoms with Gasteiger partial charge in [0.05, 0.1) is 11.1 Å². The van der Waals surface area contributed by atoms with Gasteiger partial charge in [-0.2, -0.15) is 0 Å². The summed E-state index contributed by atoms with van der Waals surface area (Å²) in [4.78, 5) is 12.8. The molecule has 0 radical (unpaired) electrons. The third-order valence-electron chi connectivity index (χ3n) is 4.85. The fraction of sp³-hybridized carbons (Fsp3) is 0.136. The molecule has 4 N–H and O–H groups in total. The highest BCUT2D eigenvalue weighted by Gasteiger charge is 2.29. The molecule has 7 nitrogen and oxygen atoms in total. The van der Waals surface area contributed by atoms with Crippen LogP contribution in [0.25, 0.3) is 0 Å². The number of anilines is 2. The summed E-state index contributed by atoms with van der Waals surface area (Å²) >= 11 is 3.32. The molecule has 0 spiro atoms. The Balaban J connectivity index is 1.42. The number of sulfonamides is 1. The average molecular weight is 501 g/mol. The maximum Gasteiger partial charge on any atom is 0.261 e. The van der Waals surface area contributed by atoms with E-state index in [4.69, 9.17) is 0 Å². The van der Waals surface area contributed by atoms with E-state index >= 15 is 0 Å². The molecule has 1 amide bonds. The summed E-state index contributed by atoms with van der Waals surface area (Å²) < 4.78 is 28.8. The number of hydrogen-bond acceptors (Lipinski definition) is 5. The van der Waals surface area contributed by atoms with E-state index in [2.05, 4.69) is 36.6 Å². The van der Waals surface area contributed by atoms with E-state index in [0.717, 1.165) is 10.0 Å². The predicted molar refractivity (Wildman–Crippen MR) is 124 cm³/mol. The molecule has 1 heterocycles. The Hall–Kier alpha value is -2.72. The van der Waals surface area contributed by atoms with E-state index in [1.54, 1.807) is 36.4 Å². The summed E-state index contributed by atoms with van der Waals surface area (Å²) in [5, 5.41) is 9.33. The first-order chi connectivity index (χ1) is 14.9. The van der Waals surface area contributed by atoms with Crippen LogP contribution in [0, 0.1) is 0 Å². The summed E-state index contributed by atoms with van der Waals surface area (Å²) in [7, 11) is -3.79. The molecule has 160 valence electrons. The first-order valence-corrected chi connectivity index (χ1v) is 11.9. The fourth-order valence-corrected chi connectivity index (χ4v) is 4.65. The standard InChI is InChI=1S/C22H21BrN4O3S/c23-16-9-11-17(12-10-16)27-31(29,30)19-8-4-7-18(13-19)25-22(28)20-14-24-21(26-20)15-5-2-1-3-6-15/h1-13,20-21,24,26-27H,14H2,(H,25,28). The second-order valence-electron chi connectivity index (χ2n) is 7.10. The number of amides is 1. The highest BCUT2D eigenvalue weighted by molar-refractivity contribution is 9.10. The van der Waals surface area contributed by atoms with Gasteiger partial charge >= 0.3 is 0 Å². The van der Waals surface area contributed by atoms with Crippen molar-refractivity contribution in [2.24, 2.45) is 0 Å². The molecule has 0 saturated carbocycles. The van der Waals surface area contributed by atoms with E-state index in [-0.39, 0.29) is 17.0 Å². The quantitative estimate of drug-likeness (QED) is 0.415. The second kappa shape index (κ2) is 9.19. The molecule has 1 aliphatic heterocycles. The van der Waals surface area contributed by atoms with Gasteiger partial charge in [-0.1, -0.05) is 52.3 Å². The highest BCUT2D eigenvalue weighted by atomic mass is 79.9. The largest absolute Gasteiger partial charge is 0.325 e. The highest BCUT2D eigenvalue weighted by Crippen LogP contribution is 2.21. The van der Waals surface area contributed by atoms with Gasteiger partial charge in [0.25, 0.3) is 10.0 Å². The first kappa shape index (κ1) is 21.5. The van der Waals surface area contributed by atoms with E-state index in [1.807, 2.05) is 30.3 Å². The monoisotopic (exact) mass is 500 g/mol. The van der Waals surface area contributed by atoms with Crippen LogP contribution in [0.3, 0.4) is 0 Å². The van der Waals surface area contributed by atoms with Gasteiger partial charge in [0.15, 0.2) is 0 Å². The van der Waals surface area contributed by atoms with Crippen LogP contribution >= 0.6 is 15.9 Å². The number of halogens is 1. The molecule has 4 rings (SSSR count). The van der Waals surface area contributed by atoms with Crippen LogP contribution in [0.15, 0.2) is 88.2 Å². The summed E-state index contributed by atoms with van der Waals surface area (Å²) in [5.74, 6) is -0.235. The third kappa shape index (κ3) is 5.31. The van der Waals surface area contributed by atoms with Crippen molar-refractivity contribution in [2.75, 3.05) is 16.6 Å². The lowest BCUT2D eigenvalue weighted by molar-refractivity contribution is -0.117. The van der Waals surface area contributed by atoms with Crippen LogP contribution in [0.5, 0.6) is 0 Å². The molecule has 1 saturated heterocycles. The van der Waals surface area contributed by atoms with E-state index < -0.39 is 16.1 Å². The van der Waals surface area contributed by atoms with Crippen LogP contribution in [0.1, 0.15) is 11.7 Å². The number of hydrogen-bond donors (Lipinski definition) is 4. The van der Waals surface area contributed by atoms with Crippen LogP contribution < -0.4 is 20.7 Å². The van der Waals surface area contributed by atoms with Crippen molar-refractivity contribution in [3.63, 3.8) is 0 Å². The van der Waals surface area contributed by atoms with E-state index in [9.17, 15) is 13.2 Å². The Kier molecular flexibility index (Phi) is 6.38. The number of benzene rings is 3. The molecule has 1 aliphatic rings. The lowest BCUT2D eigenvalue weighted by Crippen LogP contribution is -2.38. The van der Waals surface area contributed by atoms with Gasteiger partial charge in [0, 0.05) is 22.4 Å². The molecule has 3 aromatic rings. The Labute approximate surface area is 189 Å². The molecular weight excluding hydrogens is 480 g/mol. The summed E-state index contributed by atoms with van der Waals surface area (Å²) in [5.41, 5.74) is 1.91. The topological polar surface area (TPSA) is 99.3 Å². The number of nitrogens with one attached hydrogen (secondary N) is 4. The lowest BCUT2D eigenvalue weighted by atomic mass is 10.2. The number of rotatable bonds is 6. The van der Waals surface area contributed by atoms with Crippen LogP contribution in [-0.2, 0) is 14.8 Å². The Morgan fingerprint density at radius 2 is 1.68 bits per heavy atom. The summed E-state index contributed by atoms with van der Waals surface area (Å²) in [6.07, 6.45) is -0.112. The molecule has 2 unspecified atom stereocenters. The van der Waals surface area contributed by atoms with Gasteiger partial charge < -0.3 is 5.32 Å². The minimum atomic E-state index is -3.79. The van der Waals surface area contributed by atoms with Gasteiger partial charge in [-0.05, 0) is 48.0 Å². The molecule has 0 aromatic heterocycles. The fourth-order valence-electron chi connectivity index (χ4n) is 3.29. The van der Waals surface area contributed by atoms with Crippen LogP contribution in [0.2, 0.25) is 0 Å². The number of carbonyl (C=O) groups excluding carboxylic acids is 1. The van der Waals surface area contributed by atoms with Crippen molar-refractivity contribution in [3.8, 4) is 0 Å². The van der Waals surface area contributed by atoms with Gasteiger partial charge in [-0.3, -0.25) is 20.2 Å². The summed E-state index contributed by atoms with van der Waals surface area (Å²) in [6.45, 7) is 0.467. The van der Waals surface area contributed by atoms with Crippen LogP contribution in [-0.4, -0.2) is 26.9 Å². The molecule has 0 aliphatic carbocycles. The predicted octanol–water partition coefficient (Wildman–Crippen LogP) is 3.45. The van der Waals surface area contributed by atoms with Crippen molar-refractivity contribution in [1.29, 1.82) is 0 Å². The van der Waals surface area contributed by atoms with Crippen molar-refractivity contribution in [3.05, 3.63) is 88.9 Å². The molecule has 31 heavy (non-hydrogen) atoms. The normalized spacial score (nSPS) is 18.5. The smallest absolute Gasteiger partial charge is 0.261 e. The van der Waals surface area contributed by atoms with Crippen molar-refractivity contribution < 1.29 is 13.2 Å². The molecule has 0 bridgehead atoms. The molecule has 1 fully saturated rings. The van der Waals surface area contributed by atoms with Gasteiger partial charge in [0.1, 0.15) is 6.04 Å².